The number of carbonyl (C=O) groups is 1. The van der Waals surface area contributed by atoms with Gasteiger partial charge in [-0.05, 0) is 18.6 Å². The molecule has 0 aliphatic rings. The molecule has 2 rings (SSSR count). The van der Waals surface area contributed by atoms with E-state index < -0.39 is 0 Å². The molecule has 7 heteroatoms. The van der Waals surface area contributed by atoms with Gasteiger partial charge in [0.05, 0.1) is 17.1 Å². The lowest BCUT2D eigenvalue weighted by Gasteiger charge is -2.07. The molecule has 0 unspecified atom stereocenters. The molecule has 1 amide bonds. The van der Waals surface area contributed by atoms with E-state index >= 15 is 0 Å². The Balaban J connectivity index is 2.31. The number of aromatic nitrogens is 3. The Morgan fingerprint density at radius 2 is 2.32 bits per heavy atom. The number of nitrogen functional groups attached to an aromatic ring is 1. The minimum atomic E-state index is -0.359. The van der Waals surface area contributed by atoms with Crippen LogP contribution in [0.4, 0.5) is 11.4 Å². The summed E-state index contributed by atoms with van der Waals surface area (Å²) in [6.45, 7) is 1.93. The summed E-state index contributed by atoms with van der Waals surface area (Å²) in [5.74, 6) is -0.359. The monoisotopic (exact) mass is 279 g/mol. The van der Waals surface area contributed by atoms with E-state index in [1.165, 1.54) is 4.68 Å². The third kappa shape index (κ3) is 2.53. The number of aryl methyl sites for hydroxylation is 2. The second-order valence-electron chi connectivity index (χ2n) is 3.98. The number of halogens is 1. The van der Waals surface area contributed by atoms with Crippen molar-refractivity contribution in [3.05, 3.63) is 34.9 Å². The van der Waals surface area contributed by atoms with Crippen LogP contribution in [0.5, 0.6) is 0 Å². The molecule has 0 bridgehead atoms. The highest BCUT2D eigenvalue weighted by Crippen LogP contribution is 2.21. The van der Waals surface area contributed by atoms with Gasteiger partial charge >= 0.3 is 0 Å². The molecule has 0 atom stereocenters. The summed E-state index contributed by atoms with van der Waals surface area (Å²) in [4.78, 5) is 16.1. The topological polar surface area (TPSA) is 85.8 Å². The van der Waals surface area contributed by atoms with Crippen molar-refractivity contribution in [3.63, 3.8) is 0 Å². The maximum atomic E-state index is 12.2. The van der Waals surface area contributed by atoms with E-state index in [1.807, 2.05) is 6.92 Å². The SMILES string of the molecule is CCc1nn(C)c(C(=O)Nc2cccnc2Cl)c1N. The highest BCUT2D eigenvalue weighted by atomic mass is 35.5. The zero-order chi connectivity index (χ0) is 14.0. The molecule has 100 valence electrons. The minimum absolute atomic E-state index is 0.229. The van der Waals surface area contributed by atoms with Crippen molar-refractivity contribution >= 4 is 28.9 Å². The zero-order valence-electron chi connectivity index (χ0n) is 10.6. The molecule has 19 heavy (non-hydrogen) atoms. The van der Waals surface area contributed by atoms with Crippen LogP contribution in [0.15, 0.2) is 18.3 Å². The highest BCUT2D eigenvalue weighted by Gasteiger charge is 2.19. The van der Waals surface area contributed by atoms with Gasteiger partial charge in [-0.3, -0.25) is 9.48 Å². The quantitative estimate of drug-likeness (QED) is 0.840. The van der Waals surface area contributed by atoms with Crippen LogP contribution in [0.25, 0.3) is 0 Å². The first-order valence-electron chi connectivity index (χ1n) is 5.77. The smallest absolute Gasteiger partial charge is 0.276 e. The molecule has 0 saturated carbocycles. The molecular formula is C12H14ClN5O. The summed E-state index contributed by atoms with van der Waals surface area (Å²) in [6.07, 6.45) is 2.21. The minimum Gasteiger partial charge on any atom is -0.395 e. The fraction of sp³-hybridized carbons (Fsp3) is 0.250. The number of rotatable bonds is 3. The molecular weight excluding hydrogens is 266 g/mol. The van der Waals surface area contributed by atoms with Crippen molar-refractivity contribution in [2.45, 2.75) is 13.3 Å². The van der Waals surface area contributed by atoms with Crippen LogP contribution >= 0.6 is 11.6 Å². The third-order valence-corrected chi connectivity index (χ3v) is 3.02. The molecule has 0 radical (unpaired) electrons. The second kappa shape index (κ2) is 5.27. The van der Waals surface area contributed by atoms with E-state index in [2.05, 4.69) is 15.4 Å². The molecule has 0 aliphatic carbocycles. The van der Waals surface area contributed by atoms with Gasteiger partial charge < -0.3 is 11.1 Å². The number of amides is 1. The Labute approximate surface area is 115 Å². The first-order valence-corrected chi connectivity index (χ1v) is 6.15. The molecule has 0 aliphatic heterocycles. The second-order valence-corrected chi connectivity index (χ2v) is 4.34. The number of nitrogens with zero attached hydrogens (tertiary/aromatic N) is 3. The largest absolute Gasteiger partial charge is 0.395 e. The lowest BCUT2D eigenvalue weighted by atomic mass is 10.2. The van der Waals surface area contributed by atoms with Crippen molar-refractivity contribution in [2.75, 3.05) is 11.1 Å². The van der Waals surface area contributed by atoms with Crippen molar-refractivity contribution in [2.24, 2.45) is 7.05 Å². The molecule has 0 saturated heterocycles. The number of carbonyl (C=O) groups excluding carboxylic acids is 1. The van der Waals surface area contributed by atoms with Crippen molar-refractivity contribution in [1.29, 1.82) is 0 Å². The van der Waals surface area contributed by atoms with Crippen LogP contribution in [0.1, 0.15) is 23.1 Å². The number of nitrogens with two attached hydrogens (primary N) is 1. The van der Waals surface area contributed by atoms with Crippen molar-refractivity contribution in [1.82, 2.24) is 14.8 Å². The fourth-order valence-electron chi connectivity index (χ4n) is 1.79. The van der Waals surface area contributed by atoms with E-state index in [0.29, 0.717) is 29.2 Å². The predicted molar refractivity (Wildman–Crippen MR) is 74.2 cm³/mol. The van der Waals surface area contributed by atoms with E-state index in [1.54, 1.807) is 25.4 Å². The summed E-state index contributed by atoms with van der Waals surface area (Å²) in [5, 5.41) is 7.10. The Bertz CT molecular complexity index is 623. The van der Waals surface area contributed by atoms with Gasteiger partial charge in [-0.25, -0.2) is 4.98 Å². The molecule has 0 aromatic carbocycles. The Morgan fingerprint density at radius 3 is 2.89 bits per heavy atom. The maximum absolute atomic E-state index is 12.2. The molecule has 0 spiro atoms. The van der Waals surface area contributed by atoms with E-state index in [9.17, 15) is 4.79 Å². The van der Waals surface area contributed by atoms with Gasteiger partial charge in [0.15, 0.2) is 5.15 Å². The molecule has 3 N–H and O–H groups in total. The van der Waals surface area contributed by atoms with Gasteiger partial charge in [0, 0.05) is 13.2 Å². The average Bonchev–Trinajstić information content (AvgIpc) is 2.67. The fourth-order valence-corrected chi connectivity index (χ4v) is 1.95. The summed E-state index contributed by atoms with van der Waals surface area (Å²) in [7, 11) is 1.68. The first-order chi connectivity index (χ1) is 9.04. The van der Waals surface area contributed by atoms with E-state index in [0.717, 1.165) is 0 Å². The average molecular weight is 280 g/mol. The normalized spacial score (nSPS) is 10.5. The molecule has 0 fully saturated rings. The van der Waals surface area contributed by atoms with Crippen LogP contribution in [-0.2, 0) is 13.5 Å². The Kier molecular flexibility index (Phi) is 3.71. The van der Waals surface area contributed by atoms with Gasteiger partial charge in [0.25, 0.3) is 5.91 Å². The maximum Gasteiger partial charge on any atom is 0.276 e. The van der Waals surface area contributed by atoms with Crippen LogP contribution in [-0.4, -0.2) is 20.7 Å². The lowest BCUT2D eigenvalue weighted by molar-refractivity contribution is 0.101. The van der Waals surface area contributed by atoms with Crippen molar-refractivity contribution < 1.29 is 4.79 Å². The summed E-state index contributed by atoms with van der Waals surface area (Å²) >= 11 is 5.89. The lowest BCUT2D eigenvalue weighted by Crippen LogP contribution is -2.18. The zero-order valence-corrected chi connectivity index (χ0v) is 11.4. The van der Waals surface area contributed by atoms with Crippen molar-refractivity contribution in [3.8, 4) is 0 Å². The van der Waals surface area contributed by atoms with Crippen LogP contribution in [0, 0.1) is 0 Å². The van der Waals surface area contributed by atoms with E-state index in [4.69, 9.17) is 17.3 Å². The highest BCUT2D eigenvalue weighted by molar-refractivity contribution is 6.32. The number of hydrogen-bond donors (Lipinski definition) is 2. The van der Waals surface area contributed by atoms with Gasteiger partial charge in [-0.2, -0.15) is 5.10 Å². The van der Waals surface area contributed by atoms with E-state index in [-0.39, 0.29) is 11.1 Å². The summed E-state index contributed by atoms with van der Waals surface area (Å²) in [6, 6.07) is 3.35. The first kappa shape index (κ1) is 13.4. The molecule has 2 aromatic rings. The Hall–Kier alpha value is -2.08. The Morgan fingerprint density at radius 1 is 1.58 bits per heavy atom. The van der Waals surface area contributed by atoms with Gasteiger partial charge in [0.1, 0.15) is 5.69 Å². The van der Waals surface area contributed by atoms with Crippen LogP contribution in [0.3, 0.4) is 0 Å². The predicted octanol–water partition coefficient (Wildman–Crippen LogP) is 1.87. The number of anilines is 2. The molecule has 2 aromatic heterocycles. The number of pyridine rings is 1. The third-order valence-electron chi connectivity index (χ3n) is 2.72. The molecule has 6 nitrogen and oxygen atoms in total. The number of hydrogen-bond acceptors (Lipinski definition) is 4. The van der Waals surface area contributed by atoms with Gasteiger partial charge in [-0.15, -0.1) is 0 Å². The van der Waals surface area contributed by atoms with Crippen LogP contribution < -0.4 is 11.1 Å². The van der Waals surface area contributed by atoms with Crippen LogP contribution in [0.2, 0.25) is 5.15 Å². The molecule has 2 heterocycles. The standard InChI is InChI=1S/C12H14ClN5O/c1-3-7-9(14)10(18(2)17-7)12(19)16-8-5-4-6-15-11(8)13/h4-6H,3,14H2,1-2H3,(H,16,19). The van der Waals surface area contributed by atoms with Gasteiger partial charge in [-0.1, -0.05) is 18.5 Å². The summed E-state index contributed by atoms with van der Waals surface area (Å²) < 4.78 is 1.47. The number of nitrogens with one attached hydrogen (secondary N) is 1. The summed E-state index contributed by atoms with van der Waals surface area (Å²) in [5.41, 5.74) is 7.76. The van der Waals surface area contributed by atoms with Gasteiger partial charge in [0.2, 0.25) is 0 Å².